The van der Waals surface area contributed by atoms with Crippen molar-refractivity contribution in [3.63, 3.8) is 0 Å². The summed E-state index contributed by atoms with van der Waals surface area (Å²) in [6, 6.07) is 26.8. The number of pyridine rings is 1. The van der Waals surface area contributed by atoms with E-state index < -0.39 is 0 Å². The van der Waals surface area contributed by atoms with Crippen LogP contribution in [-0.2, 0) is 4.79 Å². The molecule has 5 nitrogen and oxygen atoms in total. The van der Waals surface area contributed by atoms with Gasteiger partial charge in [0.05, 0.1) is 24.1 Å². The van der Waals surface area contributed by atoms with Crippen molar-refractivity contribution in [1.29, 1.82) is 5.26 Å². The van der Waals surface area contributed by atoms with Crippen LogP contribution < -0.4 is 10.1 Å². The largest absolute Gasteiger partial charge is 0.497 e. The molecule has 1 aromatic heterocycles. The Kier molecular flexibility index (Phi) is 7.21. The number of rotatable bonds is 7. The molecule has 4 rings (SSSR count). The van der Waals surface area contributed by atoms with Crippen molar-refractivity contribution in [3.05, 3.63) is 96.3 Å². The van der Waals surface area contributed by atoms with Gasteiger partial charge in [0.15, 0.2) is 0 Å². The number of amides is 1. The molecule has 3 aromatic carbocycles. The quantitative estimate of drug-likeness (QED) is 0.328. The summed E-state index contributed by atoms with van der Waals surface area (Å²) in [6.07, 6.45) is 0. The maximum absolute atomic E-state index is 13.1. The van der Waals surface area contributed by atoms with Gasteiger partial charge in [0.1, 0.15) is 22.7 Å². The zero-order valence-corrected chi connectivity index (χ0v) is 19.1. The van der Waals surface area contributed by atoms with Crippen LogP contribution in [0.1, 0.15) is 5.56 Å². The van der Waals surface area contributed by atoms with Gasteiger partial charge in [-0.15, -0.1) is 0 Å². The first-order valence-electron chi connectivity index (χ1n) is 10.4. The van der Waals surface area contributed by atoms with Crippen LogP contribution in [-0.4, -0.2) is 23.8 Å². The lowest BCUT2D eigenvalue weighted by molar-refractivity contribution is -0.113. The Bertz CT molecular complexity index is 1340. The average Bonchev–Trinajstić information content (AvgIpc) is 2.88. The summed E-state index contributed by atoms with van der Waals surface area (Å²) in [5.41, 5.74) is 4.06. The van der Waals surface area contributed by atoms with Crippen molar-refractivity contribution in [2.45, 2.75) is 5.03 Å². The first-order valence-corrected chi connectivity index (χ1v) is 11.4. The van der Waals surface area contributed by atoms with Crippen molar-refractivity contribution in [3.8, 4) is 34.2 Å². The minimum atomic E-state index is -0.376. The molecule has 0 saturated heterocycles. The number of carbonyl (C=O) groups is 1. The Balaban J connectivity index is 1.67. The molecule has 0 bridgehead atoms. The van der Waals surface area contributed by atoms with Crippen molar-refractivity contribution in [1.82, 2.24) is 4.98 Å². The number of thioether (sulfide) groups is 1. The molecular formula is C27H20FN3O2S. The molecule has 0 aliphatic rings. The minimum Gasteiger partial charge on any atom is -0.497 e. The molecule has 0 unspecified atom stereocenters. The zero-order valence-electron chi connectivity index (χ0n) is 18.3. The fraction of sp³-hybridized carbons (Fsp3) is 0.0741. The number of methoxy groups -OCH3 is 1. The molecule has 4 aromatic rings. The minimum absolute atomic E-state index is 0.0410. The van der Waals surface area contributed by atoms with E-state index in [0.717, 1.165) is 16.7 Å². The van der Waals surface area contributed by atoms with E-state index in [1.165, 1.54) is 36.0 Å². The summed E-state index contributed by atoms with van der Waals surface area (Å²) in [5.74, 6) is 0.100. The van der Waals surface area contributed by atoms with Crippen LogP contribution in [0, 0.1) is 17.1 Å². The summed E-state index contributed by atoms with van der Waals surface area (Å²) >= 11 is 1.18. The SMILES string of the molecule is COc1ccc(-c2cc(-c3ccccc3)nc(SCC(=O)Nc3ccc(F)cc3)c2C#N)cc1. The third-order valence-electron chi connectivity index (χ3n) is 5.04. The lowest BCUT2D eigenvalue weighted by Gasteiger charge is -2.13. The maximum atomic E-state index is 13.1. The Morgan fingerprint density at radius 1 is 1.03 bits per heavy atom. The molecule has 0 atom stereocenters. The molecular weight excluding hydrogens is 449 g/mol. The summed E-state index contributed by atoms with van der Waals surface area (Å²) in [6.45, 7) is 0. The zero-order chi connectivity index (χ0) is 23.9. The second kappa shape index (κ2) is 10.6. The lowest BCUT2D eigenvalue weighted by atomic mass is 9.99. The number of benzene rings is 3. The highest BCUT2D eigenvalue weighted by molar-refractivity contribution is 8.00. The monoisotopic (exact) mass is 469 g/mol. The van der Waals surface area contributed by atoms with E-state index in [9.17, 15) is 14.4 Å². The molecule has 0 saturated carbocycles. The Labute approximate surface area is 201 Å². The van der Waals surface area contributed by atoms with Crippen molar-refractivity contribution in [2.24, 2.45) is 0 Å². The highest BCUT2D eigenvalue weighted by atomic mass is 32.2. The number of hydrogen-bond acceptors (Lipinski definition) is 5. The van der Waals surface area contributed by atoms with Gasteiger partial charge in [-0.05, 0) is 48.0 Å². The predicted molar refractivity (Wildman–Crippen MR) is 132 cm³/mol. The molecule has 7 heteroatoms. The number of hydrogen-bond donors (Lipinski definition) is 1. The number of aromatic nitrogens is 1. The molecule has 168 valence electrons. The highest BCUT2D eigenvalue weighted by Crippen LogP contribution is 2.34. The van der Waals surface area contributed by atoms with Crippen LogP contribution in [0.2, 0.25) is 0 Å². The normalized spacial score (nSPS) is 10.4. The van der Waals surface area contributed by atoms with Gasteiger partial charge in [0.25, 0.3) is 0 Å². The lowest BCUT2D eigenvalue weighted by Crippen LogP contribution is -2.14. The standard InChI is InChI=1S/C27H20FN3O2S/c1-33-22-13-7-18(8-14-22)23-15-25(19-5-3-2-4-6-19)31-27(24(23)16-29)34-17-26(32)30-21-11-9-20(28)10-12-21/h2-15H,17H2,1H3,(H,30,32). The van der Waals surface area contributed by atoms with Gasteiger partial charge in [-0.1, -0.05) is 54.2 Å². The predicted octanol–water partition coefficient (Wildman–Crippen LogP) is 6.17. The fourth-order valence-electron chi connectivity index (χ4n) is 3.35. The molecule has 34 heavy (non-hydrogen) atoms. The Morgan fingerprint density at radius 2 is 1.74 bits per heavy atom. The van der Waals surface area contributed by atoms with E-state index in [1.54, 1.807) is 7.11 Å². The second-order valence-electron chi connectivity index (χ2n) is 7.29. The number of nitriles is 1. The van der Waals surface area contributed by atoms with Gasteiger partial charge in [0.2, 0.25) is 5.91 Å². The maximum Gasteiger partial charge on any atom is 0.234 e. The van der Waals surface area contributed by atoms with Gasteiger partial charge < -0.3 is 10.1 Å². The van der Waals surface area contributed by atoms with Crippen molar-refractivity contribution >= 4 is 23.4 Å². The number of nitrogens with one attached hydrogen (secondary N) is 1. The van der Waals surface area contributed by atoms with E-state index in [4.69, 9.17) is 9.72 Å². The molecule has 1 heterocycles. The van der Waals surface area contributed by atoms with E-state index in [1.807, 2.05) is 60.7 Å². The van der Waals surface area contributed by atoms with E-state index in [2.05, 4.69) is 11.4 Å². The summed E-state index contributed by atoms with van der Waals surface area (Å²) < 4.78 is 18.4. The molecule has 0 spiro atoms. The summed E-state index contributed by atoms with van der Waals surface area (Å²) in [7, 11) is 1.60. The van der Waals surface area contributed by atoms with E-state index in [0.29, 0.717) is 27.7 Å². The number of carbonyl (C=O) groups excluding carboxylic acids is 1. The van der Waals surface area contributed by atoms with Crippen molar-refractivity contribution < 1.29 is 13.9 Å². The third-order valence-corrected chi connectivity index (χ3v) is 6.01. The third kappa shape index (κ3) is 5.42. The Hall–Kier alpha value is -4.15. The average molecular weight is 470 g/mol. The van der Waals surface area contributed by atoms with Gasteiger partial charge in [-0.3, -0.25) is 4.79 Å². The van der Waals surface area contributed by atoms with E-state index >= 15 is 0 Å². The topological polar surface area (TPSA) is 75.0 Å². The van der Waals surface area contributed by atoms with Gasteiger partial charge in [-0.25, -0.2) is 9.37 Å². The molecule has 0 radical (unpaired) electrons. The van der Waals surface area contributed by atoms with Crippen LogP contribution in [0.25, 0.3) is 22.4 Å². The number of anilines is 1. The number of ether oxygens (including phenoxy) is 1. The van der Waals surface area contributed by atoms with Gasteiger partial charge in [0, 0.05) is 16.8 Å². The first kappa shape index (κ1) is 23.0. The van der Waals surface area contributed by atoms with Crippen LogP contribution >= 0.6 is 11.8 Å². The van der Waals surface area contributed by atoms with Gasteiger partial charge in [-0.2, -0.15) is 5.26 Å². The molecule has 0 aliphatic carbocycles. The van der Waals surface area contributed by atoms with Crippen molar-refractivity contribution in [2.75, 3.05) is 18.2 Å². The first-order chi connectivity index (χ1) is 16.6. The molecule has 1 amide bonds. The number of halogens is 1. The van der Waals surface area contributed by atoms with Crippen LogP contribution in [0.5, 0.6) is 5.75 Å². The number of nitrogens with zero attached hydrogens (tertiary/aromatic N) is 2. The molecule has 0 fully saturated rings. The van der Waals surface area contributed by atoms with Gasteiger partial charge >= 0.3 is 0 Å². The van der Waals surface area contributed by atoms with Crippen LogP contribution in [0.3, 0.4) is 0 Å². The van der Waals surface area contributed by atoms with Crippen LogP contribution in [0.15, 0.2) is 90.0 Å². The van der Waals surface area contributed by atoms with E-state index in [-0.39, 0.29) is 17.5 Å². The molecule has 1 N–H and O–H groups in total. The highest BCUT2D eigenvalue weighted by Gasteiger charge is 2.17. The smallest absolute Gasteiger partial charge is 0.234 e. The Morgan fingerprint density at radius 3 is 2.38 bits per heavy atom. The fourth-order valence-corrected chi connectivity index (χ4v) is 4.16. The molecule has 0 aliphatic heterocycles. The second-order valence-corrected chi connectivity index (χ2v) is 8.25. The summed E-state index contributed by atoms with van der Waals surface area (Å²) in [4.78, 5) is 17.2. The summed E-state index contributed by atoms with van der Waals surface area (Å²) in [5, 5.41) is 13.2. The van der Waals surface area contributed by atoms with Crippen LogP contribution in [0.4, 0.5) is 10.1 Å².